The molecule has 0 saturated carbocycles. The standard InChI is InChI=1S/C20H19ClN2O2/c1-4-23-18-10-7-15(21)11-17(18)12(2)19(23)20(25)22-16-8-5-14(6-9-16)13(3)24/h5-11H,4H2,1-3H3,(H,22,25). The van der Waals surface area contributed by atoms with Crippen LogP contribution in [0.4, 0.5) is 5.69 Å². The van der Waals surface area contributed by atoms with E-state index in [4.69, 9.17) is 11.6 Å². The Kier molecular flexibility index (Phi) is 4.64. The molecule has 25 heavy (non-hydrogen) atoms. The summed E-state index contributed by atoms with van der Waals surface area (Å²) in [4.78, 5) is 24.2. The van der Waals surface area contributed by atoms with E-state index >= 15 is 0 Å². The molecule has 128 valence electrons. The molecule has 0 fully saturated rings. The summed E-state index contributed by atoms with van der Waals surface area (Å²) in [6, 6.07) is 12.5. The van der Waals surface area contributed by atoms with Crippen LogP contribution in [0.3, 0.4) is 0 Å². The molecule has 3 rings (SSSR count). The third-order valence-electron chi connectivity index (χ3n) is 4.36. The number of hydrogen-bond acceptors (Lipinski definition) is 2. The zero-order valence-electron chi connectivity index (χ0n) is 14.4. The number of aryl methyl sites for hydroxylation is 2. The summed E-state index contributed by atoms with van der Waals surface area (Å²) in [6.07, 6.45) is 0. The first-order valence-electron chi connectivity index (χ1n) is 8.13. The molecule has 0 aliphatic heterocycles. The van der Waals surface area contributed by atoms with Crippen LogP contribution in [-0.4, -0.2) is 16.3 Å². The second-order valence-corrected chi connectivity index (χ2v) is 6.40. The second kappa shape index (κ2) is 6.73. The molecular formula is C20H19ClN2O2. The third-order valence-corrected chi connectivity index (χ3v) is 4.59. The molecule has 3 aromatic rings. The van der Waals surface area contributed by atoms with Gasteiger partial charge in [0.1, 0.15) is 5.69 Å². The van der Waals surface area contributed by atoms with E-state index in [2.05, 4.69) is 5.32 Å². The number of ketones is 1. The lowest BCUT2D eigenvalue weighted by atomic mass is 10.1. The first-order chi connectivity index (χ1) is 11.9. The molecule has 0 aliphatic rings. The summed E-state index contributed by atoms with van der Waals surface area (Å²) in [7, 11) is 0. The van der Waals surface area contributed by atoms with Crippen molar-refractivity contribution in [2.24, 2.45) is 0 Å². The second-order valence-electron chi connectivity index (χ2n) is 5.97. The molecule has 1 aromatic heterocycles. The summed E-state index contributed by atoms with van der Waals surface area (Å²) in [6.45, 7) is 6.13. The summed E-state index contributed by atoms with van der Waals surface area (Å²) < 4.78 is 1.99. The van der Waals surface area contributed by atoms with E-state index in [0.29, 0.717) is 28.5 Å². The Labute approximate surface area is 151 Å². The van der Waals surface area contributed by atoms with E-state index in [9.17, 15) is 9.59 Å². The van der Waals surface area contributed by atoms with Gasteiger partial charge in [0.15, 0.2) is 5.78 Å². The smallest absolute Gasteiger partial charge is 0.272 e. The van der Waals surface area contributed by atoms with Crippen molar-refractivity contribution >= 4 is 39.9 Å². The van der Waals surface area contributed by atoms with Crippen molar-refractivity contribution in [3.05, 3.63) is 64.3 Å². The predicted octanol–water partition coefficient (Wildman–Crippen LogP) is 5.08. The molecule has 2 aromatic carbocycles. The molecule has 0 bridgehead atoms. The Morgan fingerprint density at radius 1 is 1.12 bits per heavy atom. The van der Waals surface area contributed by atoms with Crippen molar-refractivity contribution in [1.29, 1.82) is 0 Å². The Morgan fingerprint density at radius 3 is 2.40 bits per heavy atom. The van der Waals surface area contributed by atoms with E-state index < -0.39 is 0 Å². The summed E-state index contributed by atoms with van der Waals surface area (Å²) in [5, 5.41) is 4.54. The van der Waals surface area contributed by atoms with Gasteiger partial charge in [0.25, 0.3) is 5.91 Å². The molecule has 0 spiro atoms. The maximum absolute atomic E-state index is 12.9. The molecule has 0 unspecified atom stereocenters. The average Bonchev–Trinajstić information content (AvgIpc) is 2.87. The molecule has 5 heteroatoms. The highest BCUT2D eigenvalue weighted by molar-refractivity contribution is 6.31. The van der Waals surface area contributed by atoms with Gasteiger partial charge in [-0.1, -0.05) is 11.6 Å². The van der Waals surface area contributed by atoms with Crippen molar-refractivity contribution < 1.29 is 9.59 Å². The first kappa shape index (κ1) is 17.2. The lowest BCUT2D eigenvalue weighted by molar-refractivity contribution is 0.101. The number of benzene rings is 2. The normalized spacial score (nSPS) is 10.9. The minimum absolute atomic E-state index is 0.00305. The number of anilines is 1. The van der Waals surface area contributed by atoms with Crippen molar-refractivity contribution in [2.45, 2.75) is 27.3 Å². The number of rotatable bonds is 4. The first-order valence-corrected chi connectivity index (χ1v) is 8.51. The van der Waals surface area contributed by atoms with Gasteiger partial charge >= 0.3 is 0 Å². The van der Waals surface area contributed by atoms with Crippen LogP contribution in [0.1, 0.15) is 40.3 Å². The highest BCUT2D eigenvalue weighted by Crippen LogP contribution is 2.29. The average molecular weight is 355 g/mol. The molecule has 1 amide bonds. The third kappa shape index (κ3) is 3.17. The number of halogens is 1. The summed E-state index contributed by atoms with van der Waals surface area (Å²) in [5.41, 5.74) is 3.78. The van der Waals surface area contributed by atoms with Gasteiger partial charge in [0, 0.05) is 33.7 Å². The number of nitrogens with one attached hydrogen (secondary N) is 1. The molecule has 1 heterocycles. The molecule has 0 atom stereocenters. The predicted molar refractivity (Wildman–Crippen MR) is 102 cm³/mol. The number of carbonyl (C=O) groups is 2. The highest BCUT2D eigenvalue weighted by atomic mass is 35.5. The Hall–Kier alpha value is -2.59. The summed E-state index contributed by atoms with van der Waals surface area (Å²) >= 11 is 6.11. The maximum atomic E-state index is 12.9. The number of hydrogen-bond donors (Lipinski definition) is 1. The fourth-order valence-electron chi connectivity index (χ4n) is 3.09. The van der Waals surface area contributed by atoms with Crippen LogP contribution in [0.2, 0.25) is 5.02 Å². The SMILES string of the molecule is CCn1c(C(=O)Nc2ccc(C(C)=O)cc2)c(C)c2cc(Cl)ccc21. The number of nitrogens with zero attached hydrogens (tertiary/aromatic N) is 1. The Balaban J connectivity index is 1.99. The van der Waals surface area contributed by atoms with Gasteiger partial charge in [0.05, 0.1) is 0 Å². The van der Waals surface area contributed by atoms with E-state index in [1.807, 2.05) is 36.6 Å². The van der Waals surface area contributed by atoms with E-state index in [1.54, 1.807) is 24.3 Å². The monoisotopic (exact) mass is 354 g/mol. The van der Waals surface area contributed by atoms with Crippen LogP contribution in [0, 0.1) is 6.92 Å². The van der Waals surface area contributed by atoms with Crippen LogP contribution in [0.15, 0.2) is 42.5 Å². The fourth-order valence-corrected chi connectivity index (χ4v) is 3.27. The van der Waals surface area contributed by atoms with E-state index in [0.717, 1.165) is 16.5 Å². The number of fused-ring (bicyclic) bond motifs is 1. The number of amides is 1. The van der Waals surface area contributed by atoms with Crippen molar-refractivity contribution in [1.82, 2.24) is 4.57 Å². The van der Waals surface area contributed by atoms with Crippen LogP contribution in [0.5, 0.6) is 0 Å². The molecular weight excluding hydrogens is 336 g/mol. The molecule has 0 saturated heterocycles. The zero-order valence-corrected chi connectivity index (χ0v) is 15.1. The van der Waals surface area contributed by atoms with Crippen LogP contribution in [-0.2, 0) is 6.54 Å². The van der Waals surface area contributed by atoms with E-state index in [-0.39, 0.29) is 11.7 Å². The van der Waals surface area contributed by atoms with Gasteiger partial charge in [-0.15, -0.1) is 0 Å². The fraction of sp³-hybridized carbons (Fsp3) is 0.200. The Bertz CT molecular complexity index is 972. The zero-order chi connectivity index (χ0) is 18.1. The van der Waals surface area contributed by atoms with Crippen LogP contribution < -0.4 is 5.32 Å². The van der Waals surface area contributed by atoms with Gasteiger partial charge in [-0.05, 0) is 68.8 Å². The van der Waals surface area contributed by atoms with Gasteiger partial charge in [-0.2, -0.15) is 0 Å². The molecule has 0 radical (unpaired) electrons. The lowest BCUT2D eigenvalue weighted by Crippen LogP contribution is -2.17. The number of aromatic nitrogens is 1. The quantitative estimate of drug-likeness (QED) is 0.664. The van der Waals surface area contributed by atoms with Crippen LogP contribution >= 0.6 is 11.6 Å². The molecule has 0 aliphatic carbocycles. The maximum Gasteiger partial charge on any atom is 0.272 e. The molecule has 1 N–H and O–H groups in total. The summed E-state index contributed by atoms with van der Waals surface area (Å²) in [5.74, 6) is -0.182. The van der Waals surface area contributed by atoms with E-state index in [1.165, 1.54) is 6.92 Å². The van der Waals surface area contributed by atoms with Crippen molar-refractivity contribution in [3.63, 3.8) is 0 Å². The van der Waals surface area contributed by atoms with Crippen molar-refractivity contribution in [3.8, 4) is 0 Å². The highest BCUT2D eigenvalue weighted by Gasteiger charge is 2.20. The minimum atomic E-state index is -0.178. The van der Waals surface area contributed by atoms with Crippen LogP contribution in [0.25, 0.3) is 10.9 Å². The van der Waals surface area contributed by atoms with Gasteiger partial charge in [-0.25, -0.2) is 0 Å². The lowest BCUT2D eigenvalue weighted by Gasteiger charge is -2.10. The number of carbonyl (C=O) groups excluding carboxylic acids is 2. The largest absolute Gasteiger partial charge is 0.337 e. The van der Waals surface area contributed by atoms with Gasteiger partial charge < -0.3 is 9.88 Å². The minimum Gasteiger partial charge on any atom is -0.337 e. The Morgan fingerprint density at radius 2 is 1.80 bits per heavy atom. The topological polar surface area (TPSA) is 51.1 Å². The van der Waals surface area contributed by atoms with Crippen molar-refractivity contribution in [2.75, 3.05) is 5.32 Å². The molecule has 4 nitrogen and oxygen atoms in total. The van der Waals surface area contributed by atoms with Gasteiger partial charge in [0.2, 0.25) is 0 Å². The van der Waals surface area contributed by atoms with Gasteiger partial charge in [-0.3, -0.25) is 9.59 Å². The number of Topliss-reactive ketones (excluding diaryl/α,β-unsaturated/α-hetero) is 1.